The van der Waals surface area contributed by atoms with Crippen molar-refractivity contribution in [2.24, 2.45) is 0 Å². The Hall–Kier alpha value is -3.42. The maximum atomic E-state index is 14.6. The zero-order valence-electron chi connectivity index (χ0n) is 25.4. The number of rotatable bonds is 13. The smallest absolute Gasteiger partial charge is 0.432 e. The van der Waals surface area contributed by atoms with Gasteiger partial charge in [-0.3, -0.25) is 0 Å². The van der Waals surface area contributed by atoms with E-state index in [0.717, 1.165) is 12.1 Å². The molecule has 2 aromatic rings. The molecule has 1 amide bonds. The summed E-state index contributed by atoms with van der Waals surface area (Å²) < 4.78 is 70.3. The number of nitrogens with one attached hydrogen (secondary N) is 1. The number of hydrogen-bond acceptors (Lipinski definition) is 8. The summed E-state index contributed by atoms with van der Waals surface area (Å²) in [5.74, 6) is -3.12. The molecular formula is C30H40F3NO8Si. The average molecular weight is 628 g/mol. The molecule has 13 heteroatoms. The van der Waals surface area contributed by atoms with Gasteiger partial charge in [-0.1, -0.05) is 81.4 Å². The maximum Gasteiger partial charge on any atom is 0.432 e. The third kappa shape index (κ3) is 9.04. The number of esters is 2. The van der Waals surface area contributed by atoms with Crippen LogP contribution in [0.2, 0.25) is 18.1 Å². The van der Waals surface area contributed by atoms with Gasteiger partial charge >= 0.3 is 24.2 Å². The second-order valence-electron chi connectivity index (χ2n) is 11.2. The molecule has 1 N–H and O–H groups in total. The number of carbonyl (C=O) groups is 3. The van der Waals surface area contributed by atoms with Gasteiger partial charge in [-0.25, -0.2) is 14.4 Å². The maximum absolute atomic E-state index is 14.6. The van der Waals surface area contributed by atoms with E-state index in [-0.39, 0.29) is 18.3 Å². The molecule has 0 radical (unpaired) electrons. The standard InChI is InChI=1S/C30H40F3NO8Si/c1-8-39-25(35)24(42-26(36)29(38-5,30(31,32)33)22-17-13-10-14-18-22)23(20-41-43(6,7)28(2,3)4)34-27(37)40-19-21-15-11-9-12-16-21/h9-18,23-24H,8,19-20H2,1-7H3,(H,34,37)/t23-,24+,29-/m0/s1. The summed E-state index contributed by atoms with van der Waals surface area (Å²) in [4.78, 5) is 39.5. The van der Waals surface area contributed by atoms with Gasteiger partial charge in [0.2, 0.25) is 6.10 Å². The van der Waals surface area contributed by atoms with E-state index >= 15 is 0 Å². The highest BCUT2D eigenvalue weighted by Crippen LogP contribution is 2.43. The summed E-state index contributed by atoms with van der Waals surface area (Å²) in [5, 5.41) is 2.13. The van der Waals surface area contributed by atoms with E-state index < -0.39 is 62.4 Å². The molecule has 2 rings (SSSR count). The Balaban J connectivity index is 2.50. The van der Waals surface area contributed by atoms with Crippen molar-refractivity contribution in [3.8, 4) is 0 Å². The zero-order valence-corrected chi connectivity index (χ0v) is 26.4. The molecule has 0 unspecified atom stereocenters. The number of benzene rings is 2. The molecule has 0 heterocycles. The molecule has 0 aliphatic carbocycles. The first-order valence-electron chi connectivity index (χ1n) is 13.7. The van der Waals surface area contributed by atoms with E-state index in [9.17, 15) is 27.6 Å². The summed E-state index contributed by atoms with van der Waals surface area (Å²) in [6, 6.07) is 13.4. The van der Waals surface area contributed by atoms with Crippen molar-refractivity contribution >= 4 is 26.3 Å². The highest BCUT2D eigenvalue weighted by molar-refractivity contribution is 6.74. The first-order chi connectivity index (χ1) is 20.0. The molecule has 0 saturated carbocycles. The van der Waals surface area contributed by atoms with E-state index in [2.05, 4.69) is 5.32 Å². The molecule has 3 atom stereocenters. The van der Waals surface area contributed by atoms with Gasteiger partial charge in [0, 0.05) is 12.7 Å². The van der Waals surface area contributed by atoms with Gasteiger partial charge in [0.25, 0.3) is 5.60 Å². The van der Waals surface area contributed by atoms with Crippen LogP contribution in [0.4, 0.5) is 18.0 Å². The van der Waals surface area contributed by atoms with Crippen LogP contribution in [-0.2, 0) is 45.2 Å². The number of alkyl carbamates (subject to hydrolysis) is 1. The molecule has 0 spiro atoms. The van der Waals surface area contributed by atoms with Crippen LogP contribution in [0.25, 0.3) is 0 Å². The third-order valence-corrected chi connectivity index (χ3v) is 11.7. The zero-order chi connectivity index (χ0) is 32.5. The minimum atomic E-state index is -5.30. The number of methoxy groups -OCH3 is 1. The average Bonchev–Trinajstić information content (AvgIpc) is 2.93. The van der Waals surface area contributed by atoms with Crippen LogP contribution in [0.1, 0.15) is 38.8 Å². The normalized spacial score (nSPS) is 15.0. The van der Waals surface area contributed by atoms with Crippen molar-refractivity contribution in [1.29, 1.82) is 0 Å². The van der Waals surface area contributed by atoms with Crippen LogP contribution < -0.4 is 5.32 Å². The number of amides is 1. The number of alkyl halides is 3. The predicted molar refractivity (Wildman–Crippen MR) is 154 cm³/mol. The number of halogens is 3. The fourth-order valence-electron chi connectivity index (χ4n) is 3.74. The van der Waals surface area contributed by atoms with Crippen molar-refractivity contribution < 1.29 is 50.9 Å². The summed E-state index contributed by atoms with van der Waals surface area (Å²) in [6.45, 7) is 10.4. The van der Waals surface area contributed by atoms with Crippen molar-refractivity contribution in [2.75, 3.05) is 20.3 Å². The summed E-state index contributed by atoms with van der Waals surface area (Å²) in [5.41, 5.74) is -3.49. The van der Waals surface area contributed by atoms with E-state index in [4.69, 9.17) is 23.4 Å². The second kappa shape index (κ2) is 14.8. The summed E-state index contributed by atoms with van der Waals surface area (Å²) in [6.07, 6.45) is -8.37. The van der Waals surface area contributed by atoms with Gasteiger partial charge in [-0.05, 0) is 30.6 Å². The molecule has 238 valence electrons. The largest absolute Gasteiger partial charge is 0.463 e. The fourth-order valence-corrected chi connectivity index (χ4v) is 4.77. The Bertz CT molecular complexity index is 1210. The SMILES string of the molecule is CCOC(=O)[C@H](OC(=O)[C@@](OC)(c1ccccc1)C(F)(F)F)[C@H](CO[Si](C)(C)C(C)(C)C)NC(=O)OCc1ccccc1. The molecule has 0 bridgehead atoms. The highest BCUT2D eigenvalue weighted by Gasteiger charge is 2.65. The Labute approximate surface area is 251 Å². The fraction of sp³-hybridized carbons (Fsp3) is 0.500. The first-order valence-corrected chi connectivity index (χ1v) is 16.6. The highest BCUT2D eigenvalue weighted by atomic mass is 28.4. The van der Waals surface area contributed by atoms with E-state index in [0.29, 0.717) is 12.7 Å². The van der Waals surface area contributed by atoms with Crippen LogP contribution in [0.3, 0.4) is 0 Å². The molecule has 0 aromatic heterocycles. The van der Waals surface area contributed by atoms with E-state index in [1.54, 1.807) is 30.3 Å². The number of carbonyl (C=O) groups excluding carboxylic acids is 3. The molecule has 0 saturated heterocycles. The van der Waals surface area contributed by atoms with Crippen molar-refractivity contribution in [3.63, 3.8) is 0 Å². The van der Waals surface area contributed by atoms with E-state index in [1.165, 1.54) is 25.1 Å². The number of ether oxygens (including phenoxy) is 4. The van der Waals surface area contributed by atoms with E-state index in [1.807, 2.05) is 33.9 Å². The lowest BCUT2D eigenvalue weighted by Gasteiger charge is -2.38. The van der Waals surface area contributed by atoms with Gasteiger partial charge in [-0.15, -0.1) is 0 Å². The van der Waals surface area contributed by atoms with Crippen LogP contribution in [0.5, 0.6) is 0 Å². The summed E-state index contributed by atoms with van der Waals surface area (Å²) in [7, 11) is -1.84. The quantitative estimate of drug-likeness (QED) is 0.167. The molecular weight excluding hydrogens is 587 g/mol. The predicted octanol–water partition coefficient (Wildman–Crippen LogP) is 5.88. The van der Waals surface area contributed by atoms with Crippen molar-refractivity contribution in [2.45, 2.75) is 76.4 Å². The Kier molecular flexibility index (Phi) is 12.3. The monoisotopic (exact) mass is 627 g/mol. The Morgan fingerprint density at radius 2 is 1.47 bits per heavy atom. The lowest BCUT2D eigenvalue weighted by atomic mass is 9.92. The van der Waals surface area contributed by atoms with Gasteiger partial charge in [-0.2, -0.15) is 13.2 Å². The van der Waals surface area contributed by atoms with Gasteiger partial charge in [0.15, 0.2) is 8.32 Å². The third-order valence-electron chi connectivity index (χ3n) is 7.24. The molecule has 0 fully saturated rings. The first kappa shape index (κ1) is 35.8. The molecule has 9 nitrogen and oxygen atoms in total. The molecule has 0 aliphatic rings. The van der Waals surface area contributed by atoms with Gasteiger partial charge in [0.05, 0.1) is 13.2 Å². The van der Waals surface area contributed by atoms with Crippen molar-refractivity contribution in [1.82, 2.24) is 5.32 Å². The van der Waals surface area contributed by atoms with Crippen LogP contribution in [0, 0.1) is 0 Å². The van der Waals surface area contributed by atoms with Crippen LogP contribution >= 0.6 is 0 Å². The lowest BCUT2D eigenvalue weighted by Crippen LogP contribution is -2.58. The second-order valence-corrected chi connectivity index (χ2v) is 16.0. The summed E-state index contributed by atoms with van der Waals surface area (Å²) >= 11 is 0. The minimum absolute atomic E-state index is 0.138. The Morgan fingerprint density at radius 1 is 0.907 bits per heavy atom. The van der Waals surface area contributed by atoms with Crippen LogP contribution in [0.15, 0.2) is 60.7 Å². The van der Waals surface area contributed by atoms with Gasteiger partial charge in [0.1, 0.15) is 12.6 Å². The Morgan fingerprint density at radius 3 is 1.95 bits per heavy atom. The topological polar surface area (TPSA) is 109 Å². The molecule has 43 heavy (non-hydrogen) atoms. The molecule has 2 aromatic carbocycles. The molecule has 0 aliphatic heterocycles. The van der Waals surface area contributed by atoms with Crippen molar-refractivity contribution in [3.05, 3.63) is 71.8 Å². The van der Waals surface area contributed by atoms with Gasteiger partial charge < -0.3 is 28.7 Å². The minimum Gasteiger partial charge on any atom is -0.463 e. The number of hydrogen-bond donors (Lipinski definition) is 1. The lowest BCUT2D eigenvalue weighted by molar-refractivity contribution is -0.278. The van der Waals surface area contributed by atoms with Crippen LogP contribution in [-0.4, -0.2) is 65.0 Å².